The Labute approximate surface area is 168 Å². The molecule has 0 amide bonds. The Morgan fingerprint density at radius 3 is 2.00 bits per heavy atom. The fourth-order valence-corrected chi connectivity index (χ4v) is 2.87. The minimum atomic E-state index is -0.0842. The average Bonchev–Trinajstić information content (AvgIpc) is 2.72. The molecule has 0 aliphatic heterocycles. The predicted molar refractivity (Wildman–Crippen MR) is 109 cm³/mol. The maximum Gasteiger partial charge on any atom is 0.193 e. The Kier molecular flexibility index (Phi) is 6.12. The number of halogens is 1. The summed E-state index contributed by atoms with van der Waals surface area (Å²) in [5.74, 6) is 1.16. The van der Waals surface area contributed by atoms with Crippen LogP contribution in [0.2, 0.25) is 5.02 Å². The van der Waals surface area contributed by atoms with Crippen molar-refractivity contribution in [1.82, 2.24) is 0 Å². The molecule has 0 radical (unpaired) electrons. The second-order valence-corrected chi connectivity index (χ2v) is 6.67. The van der Waals surface area contributed by atoms with E-state index in [2.05, 4.69) is 0 Å². The zero-order valence-corrected chi connectivity index (χ0v) is 16.3. The first-order valence-corrected chi connectivity index (χ1v) is 9.06. The highest BCUT2D eigenvalue weighted by molar-refractivity contribution is 6.30. The molecule has 0 heterocycles. The Morgan fingerprint density at radius 2 is 1.43 bits per heavy atom. The van der Waals surface area contributed by atoms with Gasteiger partial charge in [-0.1, -0.05) is 11.6 Å². The zero-order valence-electron chi connectivity index (χ0n) is 15.6. The molecule has 0 fully saturated rings. The van der Waals surface area contributed by atoms with Gasteiger partial charge in [-0.05, 0) is 73.7 Å². The topological polar surface area (TPSA) is 52.6 Å². The van der Waals surface area contributed by atoms with Gasteiger partial charge in [0.05, 0.1) is 7.11 Å². The van der Waals surface area contributed by atoms with Crippen molar-refractivity contribution in [2.45, 2.75) is 13.5 Å². The van der Waals surface area contributed by atoms with Crippen LogP contribution < -0.4 is 9.47 Å². The Morgan fingerprint density at radius 1 is 0.857 bits per heavy atom. The average molecular weight is 395 g/mol. The van der Waals surface area contributed by atoms with Crippen LogP contribution in [0.15, 0.2) is 66.7 Å². The number of Topliss-reactive ketones (excluding diaryl/α,β-unsaturated/α-hetero) is 1. The molecule has 4 nitrogen and oxygen atoms in total. The van der Waals surface area contributed by atoms with Crippen LogP contribution in [0.3, 0.4) is 0 Å². The zero-order chi connectivity index (χ0) is 20.1. The molecule has 0 spiro atoms. The lowest BCUT2D eigenvalue weighted by Gasteiger charge is -2.12. The quantitative estimate of drug-likeness (QED) is 0.506. The number of rotatable bonds is 7. The second-order valence-electron chi connectivity index (χ2n) is 6.23. The molecular formula is C23H19ClO4. The van der Waals surface area contributed by atoms with Crippen molar-refractivity contribution >= 4 is 23.2 Å². The summed E-state index contributed by atoms with van der Waals surface area (Å²) in [5.41, 5.74) is 2.51. The molecule has 0 aliphatic rings. The lowest BCUT2D eigenvalue weighted by Crippen LogP contribution is -2.03. The molecule has 142 valence electrons. The Bertz CT molecular complexity index is 992. The molecule has 0 aliphatic carbocycles. The van der Waals surface area contributed by atoms with Gasteiger partial charge in [-0.15, -0.1) is 0 Å². The van der Waals surface area contributed by atoms with Crippen LogP contribution in [0.4, 0.5) is 0 Å². The van der Waals surface area contributed by atoms with Gasteiger partial charge in [-0.25, -0.2) is 0 Å². The van der Waals surface area contributed by atoms with E-state index in [0.29, 0.717) is 33.2 Å². The smallest absolute Gasteiger partial charge is 0.193 e. The third kappa shape index (κ3) is 4.59. The van der Waals surface area contributed by atoms with Crippen molar-refractivity contribution in [2.24, 2.45) is 0 Å². The molecule has 28 heavy (non-hydrogen) atoms. The largest absolute Gasteiger partial charge is 0.496 e. The summed E-state index contributed by atoms with van der Waals surface area (Å²) in [6.45, 7) is 1.76. The van der Waals surface area contributed by atoms with Crippen LogP contribution in [-0.4, -0.2) is 18.7 Å². The molecule has 3 rings (SSSR count). The van der Waals surface area contributed by atoms with Gasteiger partial charge in [-0.3, -0.25) is 9.59 Å². The lowest BCUT2D eigenvalue weighted by atomic mass is 10.0. The number of carbonyl (C=O) groups excluding carboxylic acids is 2. The highest BCUT2D eigenvalue weighted by Crippen LogP contribution is 2.23. The van der Waals surface area contributed by atoms with Gasteiger partial charge >= 0.3 is 0 Å². The number of methoxy groups -OCH3 is 1. The molecule has 0 saturated heterocycles. The van der Waals surface area contributed by atoms with Gasteiger partial charge < -0.3 is 9.47 Å². The minimum absolute atomic E-state index is 0.0195. The maximum atomic E-state index is 12.5. The normalized spacial score (nSPS) is 10.4. The third-order valence-corrected chi connectivity index (χ3v) is 4.56. The van der Waals surface area contributed by atoms with Crippen LogP contribution in [0.1, 0.15) is 38.8 Å². The van der Waals surface area contributed by atoms with Gasteiger partial charge in [0, 0.05) is 27.3 Å². The van der Waals surface area contributed by atoms with Crippen LogP contribution in [-0.2, 0) is 6.61 Å². The van der Waals surface area contributed by atoms with E-state index in [-0.39, 0.29) is 18.2 Å². The monoisotopic (exact) mass is 394 g/mol. The molecular weight excluding hydrogens is 376 g/mol. The first kappa shape index (κ1) is 19.6. The highest BCUT2D eigenvalue weighted by atomic mass is 35.5. The summed E-state index contributed by atoms with van der Waals surface area (Å²) in [6.07, 6.45) is 0. The Balaban J connectivity index is 1.71. The van der Waals surface area contributed by atoms with Crippen LogP contribution >= 0.6 is 11.6 Å². The van der Waals surface area contributed by atoms with E-state index >= 15 is 0 Å². The number of ketones is 2. The number of benzene rings is 3. The molecule has 3 aromatic carbocycles. The molecule has 0 unspecified atom stereocenters. The third-order valence-electron chi connectivity index (χ3n) is 4.30. The number of hydrogen-bond donors (Lipinski definition) is 0. The van der Waals surface area contributed by atoms with E-state index in [1.807, 2.05) is 0 Å². The highest BCUT2D eigenvalue weighted by Gasteiger charge is 2.11. The van der Waals surface area contributed by atoms with Crippen LogP contribution in [0, 0.1) is 0 Å². The lowest BCUT2D eigenvalue weighted by molar-refractivity contribution is 0.101. The number of ether oxygens (including phenoxy) is 2. The van der Waals surface area contributed by atoms with E-state index in [1.165, 1.54) is 6.92 Å². The summed E-state index contributed by atoms with van der Waals surface area (Å²) in [4.78, 5) is 24.1. The summed E-state index contributed by atoms with van der Waals surface area (Å²) >= 11 is 5.86. The van der Waals surface area contributed by atoms with E-state index in [9.17, 15) is 9.59 Å². The Hall–Kier alpha value is -3.11. The molecule has 0 saturated carbocycles. The van der Waals surface area contributed by atoms with Crippen LogP contribution in [0.5, 0.6) is 11.5 Å². The first-order chi connectivity index (χ1) is 13.5. The molecule has 0 aromatic heterocycles. The molecule has 0 bridgehead atoms. The summed E-state index contributed by atoms with van der Waals surface area (Å²) in [7, 11) is 1.57. The fraction of sp³-hybridized carbons (Fsp3) is 0.130. The second kappa shape index (κ2) is 8.72. The van der Waals surface area contributed by atoms with Crippen molar-refractivity contribution in [3.8, 4) is 11.5 Å². The SMILES string of the molecule is COc1ccc(C(C)=O)cc1COc1ccc(C(=O)c2ccc(Cl)cc2)cc1. The van der Waals surface area contributed by atoms with E-state index in [1.54, 1.807) is 73.8 Å². The van der Waals surface area contributed by atoms with Gasteiger partial charge in [0.1, 0.15) is 18.1 Å². The van der Waals surface area contributed by atoms with Gasteiger partial charge in [-0.2, -0.15) is 0 Å². The van der Waals surface area contributed by atoms with Crippen molar-refractivity contribution in [3.63, 3.8) is 0 Å². The van der Waals surface area contributed by atoms with E-state index in [4.69, 9.17) is 21.1 Å². The summed E-state index contributed by atoms with van der Waals surface area (Å²) < 4.78 is 11.1. The summed E-state index contributed by atoms with van der Waals surface area (Å²) in [5, 5.41) is 0.588. The van der Waals surface area contributed by atoms with Gasteiger partial charge in [0.25, 0.3) is 0 Å². The minimum Gasteiger partial charge on any atom is -0.496 e. The molecule has 5 heteroatoms. The summed E-state index contributed by atoms with van der Waals surface area (Å²) in [6, 6.07) is 18.9. The van der Waals surface area contributed by atoms with Crippen molar-refractivity contribution in [1.29, 1.82) is 0 Å². The molecule has 3 aromatic rings. The first-order valence-electron chi connectivity index (χ1n) is 8.69. The van der Waals surface area contributed by atoms with E-state index in [0.717, 1.165) is 5.56 Å². The van der Waals surface area contributed by atoms with Gasteiger partial charge in [0.2, 0.25) is 0 Å². The van der Waals surface area contributed by atoms with Crippen molar-refractivity contribution < 1.29 is 19.1 Å². The number of hydrogen-bond acceptors (Lipinski definition) is 4. The van der Waals surface area contributed by atoms with Crippen molar-refractivity contribution in [3.05, 3.63) is 94.0 Å². The van der Waals surface area contributed by atoms with E-state index < -0.39 is 0 Å². The standard InChI is InChI=1S/C23H19ClO4/c1-15(25)18-7-12-22(27-2)19(13-18)14-28-21-10-5-17(6-11-21)23(26)16-3-8-20(24)9-4-16/h3-13H,14H2,1-2H3. The van der Waals surface area contributed by atoms with Crippen LogP contribution in [0.25, 0.3) is 0 Å². The predicted octanol–water partition coefficient (Wildman–Crippen LogP) is 5.36. The molecule has 0 atom stereocenters. The van der Waals surface area contributed by atoms with Gasteiger partial charge in [0.15, 0.2) is 11.6 Å². The molecule has 0 N–H and O–H groups in total. The number of carbonyl (C=O) groups is 2. The van der Waals surface area contributed by atoms with Crippen molar-refractivity contribution in [2.75, 3.05) is 7.11 Å². The fourth-order valence-electron chi connectivity index (χ4n) is 2.74. The maximum absolute atomic E-state index is 12.5.